The molecular formula is C19H23FN2O3. The van der Waals surface area contributed by atoms with Crippen LogP contribution in [0.2, 0.25) is 0 Å². The number of ether oxygens (including phenoxy) is 1. The van der Waals surface area contributed by atoms with Gasteiger partial charge in [-0.3, -0.25) is 9.69 Å². The van der Waals surface area contributed by atoms with Gasteiger partial charge < -0.3 is 14.1 Å². The number of halogens is 1. The average molecular weight is 346 g/mol. The topological polar surface area (TPSA) is 45.9 Å². The van der Waals surface area contributed by atoms with Crippen LogP contribution in [0.25, 0.3) is 0 Å². The van der Waals surface area contributed by atoms with Gasteiger partial charge >= 0.3 is 0 Å². The van der Waals surface area contributed by atoms with Crippen molar-refractivity contribution in [1.29, 1.82) is 0 Å². The Bertz CT molecular complexity index is 725. The van der Waals surface area contributed by atoms with Crippen molar-refractivity contribution in [3.8, 4) is 0 Å². The van der Waals surface area contributed by atoms with Crippen LogP contribution in [-0.4, -0.2) is 49.1 Å². The molecule has 25 heavy (non-hydrogen) atoms. The van der Waals surface area contributed by atoms with Crippen molar-refractivity contribution in [2.24, 2.45) is 0 Å². The van der Waals surface area contributed by atoms with E-state index in [1.54, 1.807) is 24.1 Å². The second-order valence-corrected chi connectivity index (χ2v) is 6.31. The first kappa shape index (κ1) is 17.6. The minimum Gasteiger partial charge on any atom is -0.464 e. The van der Waals surface area contributed by atoms with Crippen LogP contribution in [0, 0.1) is 12.7 Å². The minimum absolute atomic E-state index is 0.0819. The molecule has 1 aliphatic heterocycles. The largest absolute Gasteiger partial charge is 0.464 e. The van der Waals surface area contributed by atoms with Gasteiger partial charge in [0, 0.05) is 20.1 Å². The molecule has 1 aliphatic rings. The van der Waals surface area contributed by atoms with Crippen molar-refractivity contribution in [2.75, 3.05) is 33.4 Å². The number of hydrogen-bond acceptors (Lipinski definition) is 4. The molecule has 1 fully saturated rings. The number of benzene rings is 1. The van der Waals surface area contributed by atoms with E-state index in [1.165, 1.54) is 12.1 Å². The van der Waals surface area contributed by atoms with Gasteiger partial charge in [0.15, 0.2) is 0 Å². The van der Waals surface area contributed by atoms with Crippen molar-refractivity contribution < 1.29 is 18.3 Å². The fourth-order valence-corrected chi connectivity index (χ4v) is 3.11. The standard InChI is InChI=1S/C19H23FN2O3/c1-14-6-7-17(25-14)13-21(2)19(23)18(22-8-10-24-11-9-22)15-4-3-5-16(20)12-15/h3-7,12,18H,8-11,13H2,1-2H3/t18-/m0/s1. The number of likely N-dealkylation sites (N-methyl/N-ethyl adjacent to an activating group) is 1. The van der Waals surface area contributed by atoms with Crippen LogP contribution in [-0.2, 0) is 16.1 Å². The smallest absolute Gasteiger partial charge is 0.244 e. The van der Waals surface area contributed by atoms with Gasteiger partial charge in [-0.2, -0.15) is 0 Å². The summed E-state index contributed by atoms with van der Waals surface area (Å²) in [7, 11) is 1.74. The molecule has 3 rings (SSSR count). The summed E-state index contributed by atoms with van der Waals surface area (Å²) >= 11 is 0. The summed E-state index contributed by atoms with van der Waals surface area (Å²) in [5, 5.41) is 0. The van der Waals surface area contributed by atoms with E-state index in [2.05, 4.69) is 0 Å². The molecule has 6 heteroatoms. The van der Waals surface area contributed by atoms with E-state index in [4.69, 9.17) is 9.15 Å². The third-order valence-corrected chi connectivity index (χ3v) is 4.37. The van der Waals surface area contributed by atoms with Crippen molar-refractivity contribution in [3.63, 3.8) is 0 Å². The van der Waals surface area contributed by atoms with Crippen LogP contribution in [0.3, 0.4) is 0 Å². The van der Waals surface area contributed by atoms with Crippen LogP contribution < -0.4 is 0 Å². The number of amides is 1. The number of carbonyl (C=O) groups is 1. The van der Waals surface area contributed by atoms with Crippen LogP contribution in [0.5, 0.6) is 0 Å². The maximum atomic E-state index is 13.7. The van der Waals surface area contributed by atoms with Crippen molar-refractivity contribution in [1.82, 2.24) is 9.80 Å². The second kappa shape index (κ2) is 7.80. The highest BCUT2D eigenvalue weighted by atomic mass is 19.1. The summed E-state index contributed by atoms with van der Waals surface area (Å²) in [6.07, 6.45) is 0. The Labute approximate surface area is 147 Å². The highest BCUT2D eigenvalue weighted by Gasteiger charge is 2.31. The normalized spacial score (nSPS) is 16.6. The van der Waals surface area contributed by atoms with Crippen molar-refractivity contribution in [2.45, 2.75) is 19.5 Å². The molecule has 0 bridgehead atoms. The molecule has 0 saturated carbocycles. The maximum Gasteiger partial charge on any atom is 0.244 e. The van der Waals surface area contributed by atoms with Gasteiger partial charge in [0.25, 0.3) is 0 Å². The number of hydrogen-bond donors (Lipinski definition) is 0. The van der Waals surface area contributed by atoms with Gasteiger partial charge in [-0.1, -0.05) is 12.1 Å². The van der Waals surface area contributed by atoms with Crippen LogP contribution >= 0.6 is 0 Å². The monoisotopic (exact) mass is 346 g/mol. The number of rotatable bonds is 5. The van der Waals surface area contributed by atoms with Gasteiger partial charge in [-0.25, -0.2) is 4.39 Å². The molecule has 1 aromatic carbocycles. The molecule has 5 nitrogen and oxygen atoms in total. The first-order chi connectivity index (χ1) is 12.0. The number of carbonyl (C=O) groups excluding carboxylic acids is 1. The highest BCUT2D eigenvalue weighted by Crippen LogP contribution is 2.25. The van der Waals surface area contributed by atoms with Gasteiger partial charge in [0.1, 0.15) is 23.4 Å². The molecule has 1 atom stereocenters. The zero-order valence-electron chi connectivity index (χ0n) is 14.6. The summed E-state index contributed by atoms with van der Waals surface area (Å²) < 4.78 is 24.7. The Morgan fingerprint density at radius 3 is 2.68 bits per heavy atom. The van der Waals surface area contributed by atoms with E-state index in [1.807, 2.05) is 24.0 Å². The van der Waals surface area contributed by atoms with E-state index in [0.29, 0.717) is 38.4 Å². The van der Waals surface area contributed by atoms with Crippen molar-refractivity contribution >= 4 is 5.91 Å². The summed E-state index contributed by atoms with van der Waals surface area (Å²) in [5.74, 6) is 1.12. The Morgan fingerprint density at radius 2 is 2.04 bits per heavy atom. The summed E-state index contributed by atoms with van der Waals surface area (Å²) in [6.45, 7) is 4.67. The van der Waals surface area contributed by atoms with Gasteiger partial charge in [-0.05, 0) is 36.8 Å². The van der Waals surface area contributed by atoms with Crippen LogP contribution in [0.4, 0.5) is 4.39 Å². The van der Waals surface area contributed by atoms with Gasteiger partial charge in [-0.15, -0.1) is 0 Å². The van der Waals surface area contributed by atoms with Crippen molar-refractivity contribution in [3.05, 3.63) is 59.3 Å². The molecule has 0 N–H and O–H groups in total. The zero-order chi connectivity index (χ0) is 17.8. The zero-order valence-corrected chi connectivity index (χ0v) is 14.6. The van der Waals surface area contributed by atoms with Crippen LogP contribution in [0.1, 0.15) is 23.1 Å². The fraction of sp³-hybridized carbons (Fsp3) is 0.421. The van der Waals surface area contributed by atoms with Gasteiger partial charge in [0.05, 0.1) is 19.8 Å². The Kier molecular flexibility index (Phi) is 5.50. The lowest BCUT2D eigenvalue weighted by molar-refractivity contribution is -0.138. The van der Waals surface area contributed by atoms with E-state index in [9.17, 15) is 9.18 Å². The number of furan rings is 1. The Balaban J connectivity index is 1.83. The summed E-state index contributed by atoms with van der Waals surface area (Å²) in [6, 6.07) is 9.47. The third-order valence-electron chi connectivity index (χ3n) is 4.37. The Morgan fingerprint density at radius 1 is 1.28 bits per heavy atom. The maximum absolute atomic E-state index is 13.7. The summed E-state index contributed by atoms with van der Waals surface area (Å²) in [5.41, 5.74) is 0.661. The van der Waals surface area contributed by atoms with E-state index in [0.717, 1.165) is 11.5 Å². The first-order valence-electron chi connectivity index (χ1n) is 8.42. The lowest BCUT2D eigenvalue weighted by Crippen LogP contribution is -2.46. The number of nitrogens with zero attached hydrogens (tertiary/aromatic N) is 2. The molecule has 2 heterocycles. The SMILES string of the molecule is Cc1ccc(CN(C)C(=O)[C@H](c2cccc(F)c2)N2CCOCC2)o1. The number of aryl methyl sites for hydroxylation is 1. The van der Waals surface area contributed by atoms with E-state index in [-0.39, 0.29) is 11.7 Å². The van der Waals surface area contributed by atoms with E-state index >= 15 is 0 Å². The predicted octanol–water partition coefficient (Wildman–Crippen LogP) is 2.76. The minimum atomic E-state index is -0.527. The molecule has 0 radical (unpaired) electrons. The van der Waals surface area contributed by atoms with Gasteiger partial charge in [0.2, 0.25) is 5.91 Å². The Hall–Kier alpha value is -2.18. The summed E-state index contributed by atoms with van der Waals surface area (Å²) in [4.78, 5) is 16.8. The molecule has 2 aromatic rings. The quantitative estimate of drug-likeness (QED) is 0.835. The lowest BCUT2D eigenvalue weighted by atomic mass is 10.0. The molecule has 134 valence electrons. The second-order valence-electron chi connectivity index (χ2n) is 6.31. The van der Waals surface area contributed by atoms with Crippen LogP contribution in [0.15, 0.2) is 40.8 Å². The highest BCUT2D eigenvalue weighted by molar-refractivity contribution is 5.83. The number of morpholine rings is 1. The molecule has 1 saturated heterocycles. The molecule has 1 amide bonds. The molecule has 0 spiro atoms. The third kappa shape index (κ3) is 4.27. The molecule has 1 aromatic heterocycles. The first-order valence-corrected chi connectivity index (χ1v) is 8.42. The molecule has 0 unspecified atom stereocenters. The molecule has 0 aliphatic carbocycles. The average Bonchev–Trinajstić information content (AvgIpc) is 3.01. The lowest BCUT2D eigenvalue weighted by Gasteiger charge is -2.35. The molecular weight excluding hydrogens is 323 g/mol. The predicted molar refractivity (Wildman–Crippen MR) is 91.5 cm³/mol. The fourth-order valence-electron chi connectivity index (χ4n) is 3.11. The van der Waals surface area contributed by atoms with E-state index < -0.39 is 6.04 Å².